The Kier molecular flexibility index (Phi) is 36.7. The van der Waals surface area contributed by atoms with Gasteiger partial charge in [0.15, 0.2) is 0 Å². The van der Waals surface area contributed by atoms with Gasteiger partial charge in [-0.1, -0.05) is 254 Å². The summed E-state index contributed by atoms with van der Waals surface area (Å²) >= 11 is 0. The van der Waals surface area contributed by atoms with Crippen LogP contribution in [0.25, 0.3) is 143 Å². The Labute approximate surface area is 837 Å². The number of nitrogens with zero attached hydrogens (tertiary/aromatic N) is 6. The van der Waals surface area contributed by atoms with E-state index < -0.39 is 0 Å². The van der Waals surface area contributed by atoms with Crippen LogP contribution in [0.15, 0.2) is 370 Å². The van der Waals surface area contributed by atoms with Crippen LogP contribution in [-0.2, 0) is 161 Å². The summed E-state index contributed by atoms with van der Waals surface area (Å²) in [6.45, 7) is 4.07. The molecule has 1 spiro atoms. The van der Waals surface area contributed by atoms with Gasteiger partial charge in [-0.05, 0) is 104 Å². The molecule has 14 aromatic carbocycles. The molecule has 15 heteroatoms. The minimum absolute atomic E-state index is 0. The third-order valence-corrected chi connectivity index (χ3v) is 22.4. The number of para-hydroxylation sites is 5. The average molecular weight is 2750 g/mol. The summed E-state index contributed by atoms with van der Waals surface area (Å²) < 4.78 is 24.9. The van der Waals surface area contributed by atoms with Crippen LogP contribution in [0.4, 0.5) is 8.78 Å². The van der Waals surface area contributed by atoms with Crippen molar-refractivity contribution in [3.05, 3.63) is 457 Å². The van der Waals surface area contributed by atoms with Crippen LogP contribution in [0.1, 0.15) is 77.4 Å². The molecule has 2 aliphatic rings. The zero-order chi connectivity index (χ0) is 83.7. The molecule has 0 fully saturated rings. The Hall–Kier alpha value is -10.6. The normalized spacial score (nSPS) is 11.1. The molecule has 0 atom stereocenters. The summed E-state index contributed by atoms with van der Waals surface area (Å²) in [5.74, 6) is 0. The van der Waals surface area contributed by atoms with Gasteiger partial charge in [0.2, 0.25) is 0 Å². The largest absolute Gasteiger partial charge is 0.325 e. The van der Waals surface area contributed by atoms with Crippen LogP contribution in [0.3, 0.4) is 0 Å². The van der Waals surface area contributed by atoms with Crippen LogP contribution < -0.4 is 5.73 Å². The van der Waals surface area contributed by atoms with Gasteiger partial charge in [0.25, 0.3) is 0 Å². The predicted molar refractivity (Wildman–Crippen MR) is 502 cm³/mol. The van der Waals surface area contributed by atoms with Crippen LogP contribution in [0.2, 0.25) is 0 Å². The molecule has 0 aliphatic heterocycles. The van der Waals surface area contributed by atoms with E-state index in [1.54, 1.807) is 0 Å². The number of hydrogen-bond donors (Lipinski definition) is 1. The molecule has 6 aromatic heterocycles. The molecule has 3 radical (unpaired) electrons. The first-order chi connectivity index (χ1) is 60.8. The molecule has 0 amide bonds. The summed E-state index contributed by atoms with van der Waals surface area (Å²) in [6.07, 6.45) is 6.93. The number of benzene rings is 14. The molecule has 20 aromatic rings. The zero-order valence-corrected chi connectivity index (χ0v) is 84.5. The van der Waals surface area contributed by atoms with Gasteiger partial charge in [0, 0.05) is 210 Å². The number of halogens is 2. The van der Waals surface area contributed by atoms with Crippen LogP contribution in [-0.4, -0.2) is 43.3 Å². The van der Waals surface area contributed by atoms with E-state index in [1.807, 2.05) is 200 Å². The number of fused-ring (bicyclic) bond motifs is 17. The molecule has 0 unspecified atom stereocenters. The van der Waals surface area contributed by atoms with E-state index in [2.05, 4.69) is 235 Å². The first-order valence-corrected chi connectivity index (χ1v) is 42.0. The van der Waals surface area contributed by atoms with Crippen molar-refractivity contribution in [3.8, 4) is 77.9 Å². The molecular weight excluding hydrogens is 2670 g/mol. The van der Waals surface area contributed by atoms with E-state index in [1.165, 1.54) is 72.1 Å². The summed E-state index contributed by atoms with van der Waals surface area (Å²) in [7, 11) is 0. The monoisotopic (exact) mass is 2760 g/mol. The third-order valence-electron chi connectivity index (χ3n) is 22.4. The number of nitrogens with two attached hydrogens (primary N) is 1. The van der Waals surface area contributed by atoms with Gasteiger partial charge in [0.05, 0.1) is 19.0 Å². The number of rotatable bonds is 14. The molecule has 6 heterocycles. The van der Waals surface area contributed by atoms with Crippen LogP contribution in [0, 0.1) is 36.4 Å². The zero-order valence-electron chi connectivity index (χ0n) is 70.5. The number of hydrogen-bond acceptors (Lipinski definition) is 7. The Bertz CT molecular complexity index is 6550. The minimum atomic E-state index is -0.377. The predicted octanol–water partition coefficient (Wildman–Crippen LogP) is 27.3. The maximum atomic E-state index is 12.5. The maximum Gasteiger partial charge on any atom is 0.0949 e. The van der Waals surface area contributed by atoms with Crippen molar-refractivity contribution in [2.75, 3.05) is 13.3 Å². The number of pyridine rings is 6. The summed E-state index contributed by atoms with van der Waals surface area (Å²) in [4.78, 5) is 28.2. The van der Waals surface area contributed by atoms with Crippen molar-refractivity contribution in [1.29, 1.82) is 0 Å². The molecule has 129 heavy (non-hydrogen) atoms. The van der Waals surface area contributed by atoms with Gasteiger partial charge in [-0.3, -0.25) is 38.7 Å². The number of aromatic nitrogens is 6. The molecule has 2 aliphatic carbocycles. The van der Waals surface area contributed by atoms with E-state index in [4.69, 9.17) is 20.7 Å². The molecule has 0 saturated heterocycles. The molecule has 7 nitrogen and oxygen atoms in total. The summed E-state index contributed by atoms with van der Waals surface area (Å²) in [6, 6.07) is 144. The topological polar surface area (TPSA) is 103 Å². The van der Waals surface area contributed by atoms with E-state index >= 15 is 0 Å². The maximum absolute atomic E-state index is 12.5. The van der Waals surface area contributed by atoms with Crippen LogP contribution >= 0.6 is 0 Å². The molecule has 2 N–H and O–H groups in total. The van der Waals surface area contributed by atoms with Gasteiger partial charge in [-0.15, -0.1) is 215 Å². The number of alkyl halides is 2. The average Bonchev–Trinajstić information content (AvgIpc) is 1.50. The van der Waals surface area contributed by atoms with Crippen molar-refractivity contribution in [2.24, 2.45) is 5.73 Å². The van der Waals surface area contributed by atoms with E-state index in [0.717, 1.165) is 148 Å². The van der Waals surface area contributed by atoms with E-state index in [0.29, 0.717) is 19.4 Å². The fraction of sp³-hybridized carbons (Fsp3) is 0.105. The Morgan fingerprint density at radius 2 is 0.550 bits per heavy atom. The molecule has 0 saturated carbocycles. The summed E-state index contributed by atoms with van der Waals surface area (Å²) in [5, 5.41) is 6.81. The molecule has 0 bridgehead atoms. The van der Waals surface area contributed by atoms with Gasteiger partial charge < -0.3 is 5.73 Å². The van der Waals surface area contributed by atoms with Crippen molar-refractivity contribution in [2.45, 2.75) is 64.3 Å². The number of aryl methyl sites for hydroxylation is 4. The Morgan fingerprint density at radius 3 is 0.884 bits per heavy atom. The molecule has 22 rings (SSSR count). The second-order valence-electron chi connectivity index (χ2n) is 30.2. The fourth-order valence-corrected chi connectivity index (χ4v) is 16.8. The second kappa shape index (κ2) is 47.8. The third kappa shape index (κ3) is 21.9. The Balaban J connectivity index is 0.000000150. The first kappa shape index (κ1) is 99.0. The van der Waals surface area contributed by atoms with Crippen LogP contribution in [0.5, 0.6) is 0 Å². The SMILES string of the molecule is CCCc1ccc2cccc(-c3[c-]cccc3)c2n1.CCCc1ccc2cccc(-c3[c-]cccc3)c2n1.FCCc1ccc2cccc(-c3[c-]cccc3)c2n1.FCCc1ccc2cccc(-c3[c-]cccc3)c2n1.NCc1ccc2cccc(-c3[c-]cccc3)c2n1.[Ir].[Ir].[Ir].[Pt].[Pt].[Pt].[c-]1cccc2c1-c1c(ccc3cccnc13)C21c2ccccc2-c2ccccc21. The van der Waals surface area contributed by atoms with Crippen molar-refractivity contribution >= 4 is 65.4 Å². The first-order valence-electron chi connectivity index (χ1n) is 42.0. The smallest absolute Gasteiger partial charge is 0.0949 e. The van der Waals surface area contributed by atoms with Gasteiger partial charge in [0.1, 0.15) is 0 Å². The Morgan fingerprint density at radius 1 is 0.264 bits per heavy atom. The van der Waals surface area contributed by atoms with Gasteiger partial charge in [-0.2, -0.15) is 0 Å². The summed E-state index contributed by atoms with van der Waals surface area (Å²) in [5.41, 5.74) is 37.4. The van der Waals surface area contributed by atoms with Crippen molar-refractivity contribution in [1.82, 2.24) is 29.9 Å². The van der Waals surface area contributed by atoms with Gasteiger partial charge in [-0.25, -0.2) is 0 Å². The van der Waals surface area contributed by atoms with E-state index in [9.17, 15) is 8.78 Å². The van der Waals surface area contributed by atoms with E-state index in [-0.39, 0.29) is 142 Å². The quantitative estimate of drug-likeness (QED) is 0.108. The molecule has 655 valence electrons. The van der Waals surface area contributed by atoms with Crippen molar-refractivity contribution in [3.63, 3.8) is 0 Å². The standard InChI is InChI=1S/C28H16N.2C18H16N.2C17H13FN.C16H13N2.3Ir.3Pt/c1-4-12-22-19(9-1)20-10-2-5-13-23(20)28(22)24-14-6-3-11-21(24)26-25(28)16-15-18-8-7-17-29-27(18)26;2*1-2-7-16-13-12-15-10-6-11-17(18(15)19-16)14-8-4-3-5-9-14;2*18-12-11-15-10-9-14-7-4-8-16(17(14)19-15)13-5-2-1-3-6-13;17-11-14-10-9-13-7-4-8-15(16(13)18-14)12-5-2-1-3-6-12;;;;;;/h1-10,12-17H;2*3-6,8,10-13H,2,7H2,1H3;2*1-5,7-10H,11-12H2;1-5,7-10H,11,17H2;;;;;;/q6*-1;;;;;;. The van der Waals surface area contributed by atoms with Crippen molar-refractivity contribution < 1.29 is 132 Å². The second-order valence-corrected chi connectivity index (χ2v) is 30.2. The molecular formula is C114H87F2Ir3N7Pt3-6. The fourth-order valence-electron chi connectivity index (χ4n) is 16.8. The van der Waals surface area contributed by atoms with Gasteiger partial charge >= 0.3 is 0 Å². The minimum Gasteiger partial charge on any atom is -0.325 e.